The van der Waals surface area contributed by atoms with Gasteiger partial charge in [0.15, 0.2) is 5.03 Å². The molecule has 1 fully saturated rings. The minimum Gasteiger partial charge on any atom is -0.470 e. The Kier molecular flexibility index (Phi) is 5.55. The van der Waals surface area contributed by atoms with Gasteiger partial charge in [-0.2, -0.15) is 0 Å². The summed E-state index contributed by atoms with van der Waals surface area (Å²) >= 11 is 4.77. The van der Waals surface area contributed by atoms with Crippen molar-refractivity contribution in [2.75, 3.05) is 19.3 Å². The third-order valence-corrected chi connectivity index (χ3v) is 3.98. The Morgan fingerprint density at radius 3 is 2.86 bits per heavy atom. The monoisotopic (exact) mass is 389 g/mol. The molecule has 1 unspecified atom stereocenters. The van der Waals surface area contributed by atoms with Crippen LogP contribution >= 0.6 is 27.7 Å². The summed E-state index contributed by atoms with van der Waals surface area (Å²) in [6.45, 7) is 6.70. The Morgan fingerprint density at radius 1 is 1.50 bits per heavy atom. The molecule has 6 nitrogen and oxygen atoms in total. The minimum atomic E-state index is -0.487. The van der Waals surface area contributed by atoms with Crippen LogP contribution in [0.1, 0.15) is 27.2 Å². The summed E-state index contributed by atoms with van der Waals surface area (Å²) in [6, 6.07) is 0. The van der Waals surface area contributed by atoms with Crippen LogP contribution < -0.4 is 4.74 Å². The molecular formula is C14H20BrN3O3S. The van der Waals surface area contributed by atoms with Crippen molar-refractivity contribution in [1.29, 1.82) is 0 Å². The lowest BCUT2D eigenvalue weighted by atomic mass is 10.2. The van der Waals surface area contributed by atoms with Gasteiger partial charge in [-0.3, -0.25) is 0 Å². The molecule has 1 aromatic rings. The van der Waals surface area contributed by atoms with Gasteiger partial charge in [-0.1, -0.05) is 0 Å². The lowest BCUT2D eigenvalue weighted by Crippen LogP contribution is -2.36. The molecule has 0 aromatic carbocycles. The fourth-order valence-electron chi connectivity index (χ4n) is 2.03. The molecular weight excluding hydrogens is 370 g/mol. The van der Waals surface area contributed by atoms with E-state index in [9.17, 15) is 4.79 Å². The highest BCUT2D eigenvalue weighted by Gasteiger charge is 2.31. The van der Waals surface area contributed by atoms with E-state index in [1.807, 2.05) is 27.0 Å². The van der Waals surface area contributed by atoms with Crippen molar-refractivity contribution in [3.63, 3.8) is 0 Å². The second kappa shape index (κ2) is 7.04. The van der Waals surface area contributed by atoms with Gasteiger partial charge < -0.3 is 14.4 Å². The van der Waals surface area contributed by atoms with Crippen molar-refractivity contribution in [2.24, 2.45) is 0 Å². The molecule has 0 radical (unpaired) electrons. The molecule has 1 aliphatic rings. The Labute approximate surface area is 143 Å². The maximum absolute atomic E-state index is 12.0. The van der Waals surface area contributed by atoms with Crippen molar-refractivity contribution < 1.29 is 14.3 Å². The fraction of sp³-hybridized carbons (Fsp3) is 0.643. The summed E-state index contributed by atoms with van der Waals surface area (Å²) in [5.41, 5.74) is -0.487. The van der Waals surface area contributed by atoms with Gasteiger partial charge in [-0.15, -0.1) is 11.8 Å². The van der Waals surface area contributed by atoms with E-state index in [4.69, 9.17) is 9.47 Å². The van der Waals surface area contributed by atoms with E-state index in [-0.39, 0.29) is 12.2 Å². The Hall–Kier alpha value is -1.02. The maximum Gasteiger partial charge on any atom is 0.410 e. The van der Waals surface area contributed by atoms with Crippen LogP contribution in [0.15, 0.2) is 15.8 Å². The predicted octanol–water partition coefficient (Wildman–Crippen LogP) is 3.35. The number of carbonyl (C=O) groups excluding carboxylic acids is 1. The predicted molar refractivity (Wildman–Crippen MR) is 88.4 cm³/mol. The smallest absolute Gasteiger partial charge is 0.410 e. The van der Waals surface area contributed by atoms with Crippen molar-refractivity contribution in [2.45, 2.75) is 43.9 Å². The first kappa shape index (κ1) is 17.3. The number of amides is 1. The van der Waals surface area contributed by atoms with Gasteiger partial charge in [0.05, 0.1) is 12.7 Å². The van der Waals surface area contributed by atoms with Gasteiger partial charge in [-0.05, 0) is 43.0 Å². The Morgan fingerprint density at radius 2 is 2.23 bits per heavy atom. The maximum atomic E-state index is 12.0. The SMILES string of the molecule is CSc1nc(Br)cnc1OC1CCN(C(=O)OC(C)(C)C)C1. The molecule has 1 amide bonds. The van der Waals surface area contributed by atoms with E-state index >= 15 is 0 Å². The number of carbonyl (C=O) groups is 1. The van der Waals surface area contributed by atoms with Gasteiger partial charge in [0.25, 0.3) is 0 Å². The zero-order valence-corrected chi connectivity index (χ0v) is 15.5. The number of hydrogen-bond acceptors (Lipinski definition) is 6. The Bertz CT molecular complexity index is 551. The number of thioether (sulfide) groups is 1. The summed E-state index contributed by atoms with van der Waals surface area (Å²) in [6.07, 6.45) is 3.89. The molecule has 0 spiro atoms. The topological polar surface area (TPSA) is 64.6 Å². The van der Waals surface area contributed by atoms with Gasteiger partial charge >= 0.3 is 6.09 Å². The molecule has 8 heteroatoms. The average Bonchev–Trinajstić information content (AvgIpc) is 2.87. The van der Waals surface area contributed by atoms with Crippen molar-refractivity contribution in [1.82, 2.24) is 14.9 Å². The van der Waals surface area contributed by atoms with E-state index in [1.165, 1.54) is 11.8 Å². The van der Waals surface area contributed by atoms with E-state index in [0.717, 1.165) is 11.4 Å². The first-order valence-corrected chi connectivity index (χ1v) is 9.01. The van der Waals surface area contributed by atoms with Crippen LogP contribution in [0.2, 0.25) is 0 Å². The molecule has 1 aliphatic heterocycles. The van der Waals surface area contributed by atoms with E-state index in [1.54, 1.807) is 11.1 Å². The highest BCUT2D eigenvalue weighted by molar-refractivity contribution is 9.10. The van der Waals surface area contributed by atoms with E-state index in [0.29, 0.717) is 23.6 Å². The molecule has 0 bridgehead atoms. The molecule has 122 valence electrons. The summed E-state index contributed by atoms with van der Waals surface area (Å²) < 4.78 is 11.9. The van der Waals surface area contributed by atoms with Crippen LogP contribution in [0.5, 0.6) is 5.88 Å². The van der Waals surface area contributed by atoms with Gasteiger partial charge in [-0.25, -0.2) is 14.8 Å². The lowest BCUT2D eigenvalue weighted by molar-refractivity contribution is 0.0274. The van der Waals surface area contributed by atoms with Crippen LogP contribution in [-0.2, 0) is 4.74 Å². The molecule has 1 saturated heterocycles. The van der Waals surface area contributed by atoms with Crippen LogP contribution in [0.3, 0.4) is 0 Å². The average molecular weight is 390 g/mol. The summed E-state index contributed by atoms with van der Waals surface area (Å²) in [7, 11) is 0. The van der Waals surface area contributed by atoms with Crippen molar-refractivity contribution in [3.8, 4) is 5.88 Å². The van der Waals surface area contributed by atoms with Crippen LogP contribution in [0.4, 0.5) is 4.79 Å². The molecule has 2 rings (SSSR count). The van der Waals surface area contributed by atoms with Gasteiger partial charge in [0.2, 0.25) is 5.88 Å². The van der Waals surface area contributed by atoms with Gasteiger partial charge in [0.1, 0.15) is 16.3 Å². The second-order valence-corrected chi connectivity index (χ2v) is 7.57. The van der Waals surface area contributed by atoms with Crippen molar-refractivity contribution in [3.05, 3.63) is 10.8 Å². The minimum absolute atomic E-state index is 0.0890. The first-order valence-electron chi connectivity index (χ1n) is 6.99. The summed E-state index contributed by atoms with van der Waals surface area (Å²) in [5.74, 6) is 0.506. The Balaban J connectivity index is 1.95. The third-order valence-electron chi connectivity index (χ3n) is 2.95. The van der Waals surface area contributed by atoms with E-state index in [2.05, 4.69) is 25.9 Å². The number of aromatic nitrogens is 2. The normalized spacial score (nSPS) is 18.4. The lowest BCUT2D eigenvalue weighted by Gasteiger charge is -2.24. The zero-order valence-electron chi connectivity index (χ0n) is 13.1. The number of likely N-dealkylation sites (tertiary alicyclic amines) is 1. The van der Waals surface area contributed by atoms with Gasteiger partial charge in [0, 0.05) is 13.0 Å². The standard InChI is InChI=1S/C14H20BrN3O3S/c1-14(2,3)21-13(19)18-6-5-9(8-18)20-11-12(22-4)17-10(15)7-16-11/h7,9H,5-6,8H2,1-4H3. The van der Waals surface area contributed by atoms with Crippen LogP contribution in [0, 0.1) is 0 Å². The molecule has 1 aromatic heterocycles. The summed E-state index contributed by atoms with van der Waals surface area (Å²) in [4.78, 5) is 22.3. The molecule has 0 aliphatic carbocycles. The number of hydrogen-bond donors (Lipinski definition) is 0. The molecule has 2 heterocycles. The summed E-state index contributed by atoms with van der Waals surface area (Å²) in [5, 5.41) is 0.727. The number of rotatable bonds is 3. The molecule has 1 atom stereocenters. The number of halogens is 1. The highest BCUT2D eigenvalue weighted by Crippen LogP contribution is 2.27. The zero-order chi connectivity index (χ0) is 16.3. The van der Waals surface area contributed by atoms with Crippen LogP contribution in [0.25, 0.3) is 0 Å². The molecule has 22 heavy (non-hydrogen) atoms. The molecule has 0 saturated carbocycles. The second-order valence-electron chi connectivity index (χ2n) is 5.96. The number of nitrogens with zero attached hydrogens (tertiary/aromatic N) is 3. The van der Waals surface area contributed by atoms with Crippen molar-refractivity contribution >= 4 is 33.8 Å². The van der Waals surface area contributed by atoms with E-state index < -0.39 is 5.60 Å². The third kappa shape index (κ3) is 4.74. The molecule has 0 N–H and O–H groups in total. The largest absolute Gasteiger partial charge is 0.470 e. The fourth-order valence-corrected chi connectivity index (χ4v) is 2.89. The first-order chi connectivity index (χ1) is 10.3. The highest BCUT2D eigenvalue weighted by atomic mass is 79.9. The van der Waals surface area contributed by atoms with Crippen LogP contribution in [-0.4, -0.2) is 52.0 Å². The number of ether oxygens (including phenoxy) is 2. The quantitative estimate of drug-likeness (QED) is 0.738.